The molecule has 0 aromatic heterocycles. The Kier molecular flexibility index (Phi) is 4.60. The van der Waals surface area contributed by atoms with E-state index in [9.17, 15) is 19.2 Å². The largest absolute Gasteiger partial charge is 0.481 e. The number of hydrogen-bond donors (Lipinski definition) is 1. The Hall–Kier alpha value is -2.54. The van der Waals surface area contributed by atoms with Crippen molar-refractivity contribution in [3.05, 3.63) is 35.4 Å². The molecule has 2 amide bonds. The van der Waals surface area contributed by atoms with Crippen LogP contribution in [0.25, 0.3) is 0 Å². The van der Waals surface area contributed by atoms with Gasteiger partial charge in [-0.25, -0.2) is 4.90 Å². The topological polar surface area (TPSA) is 101 Å². The highest BCUT2D eigenvalue weighted by Gasteiger charge is 2.53. The van der Waals surface area contributed by atoms with E-state index >= 15 is 0 Å². The second-order valence-electron chi connectivity index (χ2n) is 5.06. The van der Waals surface area contributed by atoms with Gasteiger partial charge >= 0.3 is 5.97 Å². The molecule has 2 rings (SSSR count). The molecule has 0 saturated carbocycles. The van der Waals surface area contributed by atoms with E-state index in [-0.39, 0.29) is 24.2 Å². The number of fused-ring (bicyclic) bond motifs is 1. The highest BCUT2D eigenvalue weighted by atomic mass is 16.5. The number of ketones is 1. The maximum absolute atomic E-state index is 12.6. The predicted molar refractivity (Wildman–Crippen MR) is 78.8 cm³/mol. The highest BCUT2D eigenvalue weighted by molar-refractivity contribution is 6.23. The third-order valence-corrected chi connectivity index (χ3v) is 3.77. The Morgan fingerprint density at radius 2 is 1.65 bits per heavy atom. The van der Waals surface area contributed by atoms with Crippen LogP contribution in [0, 0.1) is 0 Å². The van der Waals surface area contributed by atoms with E-state index in [1.807, 2.05) is 0 Å². The summed E-state index contributed by atoms with van der Waals surface area (Å²) >= 11 is 0. The number of Topliss-reactive ketones (excluding diaryl/α,β-unsaturated/α-hetero) is 1. The van der Waals surface area contributed by atoms with Crippen LogP contribution in [-0.2, 0) is 14.3 Å². The smallest absolute Gasteiger partial charge is 0.311 e. The summed E-state index contributed by atoms with van der Waals surface area (Å²) in [5.74, 6) is -3.48. The molecule has 7 nitrogen and oxygen atoms in total. The molecule has 0 spiro atoms. The van der Waals surface area contributed by atoms with Crippen molar-refractivity contribution >= 4 is 23.6 Å². The van der Waals surface area contributed by atoms with E-state index in [0.29, 0.717) is 0 Å². The second-order valence-corrected chi connectivity index (χ2v) is 5.06. The summed E-state index contributed by atoms with van der Waals surface area (Å²) in [6.07, 6.45) is -0.861. The summed E-state index contributed by atoms with van der Waals surface area (Å²) < 4.78 is 5.47. The molecule has 0 fully saturated rings. The van der Waals surface area contributed by atoms with E-state index < -0.39 is 35.7 Å². The Morgan fingerprint density at radius 1 is 1.13 bits per heavy atom. The maximum Gasteiger partial charge on any atom is 0.311 e. The minimum atomic E-state index is -1.90. The zero-order chi connectivity index (χ0) is 17.2. The zero-order valence-corrected chi connectivity index (χ0v) is 12.9. The number of carboxylic acids is 1. The van der Waals surface area contributed by atoms with Crippen molar-refractivity contribution < 1.29 is 29.0 Å². The van der Waals surface area contributed by atoms with Crippen molar-refractivity contribution in [2.75, 3.05) is 6.61 Å². The number of carbonyl (C=O) groups excluding carboxylic acids is 3. The lowest BCUT2D eigenvalue weighted by Gasteiger charge is -2.37. The van der Waals surface area contributed by atoms with Gasteiger partial charge in [-0.05, 0) is 19.1 Å². The zero-order valence-electron chi connectivity index (χ0n) is 12.9. The Balaban J connectivity index is 2.53. The monoisotopic (exact) mass is 319 g/mol. The van der Waals surface area contributed by atoms with E-state index in [4.69, 9.17) is 9.84 Å². The average Bonchev–Trinajstić information content (AvgIpc) is 2.77. The van der Waals surface area contributed by atoms with Crippen LogP contribution in [0.3, 0.4) is 0 Å². The molecule has 122 valence electrons. The summed E-state index contributed by atoms with van der Waals surface area (Å²) in [7, 11) is 0. The molecule has 1 heterocycles. The summed E-state index contributed by atoms with van der Waals surface area (Å²) in [6, 6.07) is 6.20. The van der Waals surface area contributed by atoms with Crippen molar-refractivity contribution in [2.24, 2.45) is 0 Å². The van der Waals surface area contributed by atoms with Crippen molar-refractivity contribution in [3.63, 3.8) is 0 Å². The molecule has 7 heteroatoms. The van der Waals surface area contributed by atoms with Crippen LogP contribution in [-0.4, -0.2) is 45.9 Å². The van der Waals surface area contributed by atoms with Crippen molar-refractivity contribution in [3.8, 4) is 0 Å². The fraction of sp³-hybridized carbons (Fsp3) is 0.375. The molecule has 1 aromatic carbocycles. The number of carbonyl (C=O) groups is 4. The van der Waals surface area contributed by atoms with Crippen LogP contribution in [0.5, 0.6) is 0 Å². The van der Waals surface area contributed by atoms with Gasteiger partial charge in [-0.2, -0.15) is 0 Å². The van der Waals surface area contributed by atoms with E-state index in [1.165, 1.54) is 12.1 Å². The molecule has 1 atom stereocenters. The molecule has 1 aliphatic heterocycles. The van der Waals surface area contributed by atoms with Gasteiger partial charge in [0.1, 0.15) is 6.42 Å². The Labute approximate surface area is 132 Å². The van der Waals surface area contributed by atoms with Gasteiger partial charge in [0.05, 0.1) is 11.1 Å². The van der Waals surface area contributed by atoms with Crippen molar-refractivity contribution in [1.29, 1.82) is 0 Å². The van der Waals surface area contributed by atoms with Crippen molar-refractivity contribution in [2.45, 2.75) is 32.4 Å². The van der Waals surface area contributed by atoms with Crippen LogP contribution in [0.2, 0.25) is 0 Å². The minimum absolute atomic E-state index is 0.0293. The lowest BCUT2D eigenvalue weighted by atomic mass is 9.99. The number of amides is 2. The molecule has 1 unspecified atom stereocenters. The number of rotatable bonds is 7. The number of nitrogens with zero attached hydrogens (tertiary/aromatic N) is 1. The first kappa shape index (κ1) is 16.8. The molecular formula is C16H17NO6. The van der Waals surface area contributed by atoms with Gasteiger partial charge in [-0.15, -0.1) is 0 Å². The molecule has 1 aliphatic rings. The molecule has 0 bridgehead atoms. The predicted octanol–water partition coefficient (Wildman–Crippen LogP) is 1.47. The SMILES string of the molecule is CCOC(CC)(C(=O)CC(=O)O)N1C(=O)c2ccccc2C1=O. The summed E-state index contributed by atoms with van der Waals surface area (Å²) in [5, 5.41) is 8.89. The lowest BCUT2D eigenvalue weighted by molar-refractivity contribution is -0.167. The molecule has 1 aromatic rings. The van der Waals surface area contributed by atoms with Gasteiger partial charge in [0, 0.05) is 13.0 Å². The van der Waals surface area contributed by atoms with E-state index in [1.54, 1.807) is 26.0 Å². The summed E-state index contributed by atoms with van der Waals surface area (Å²) in [6.45, 7) is 3.22. The standard InChI is InChI=1S/C16H17NO6/c1-3-16(23-4-2,12(18)9-13(19)20)17-14(21)10-7-5-6-8-11(10)15(17)22/h5-8H,3-4,9H2,1-2H3,(H,19,20). The molecule has 0 radical (unpaired) electrons. The minimum Gasteiger partial charge on any atom is -0.481 e. The number of aliphatic carboxylic acids is 1. The van der Waals surface area contributed by atoms with Crippen LogP contribution in [0.15, 0.2) is 24.3 Å². The molecule has 0 aliphatic carbocycles. The van der Waals surface area contributed by atoms with Crippen LogP contribution in [0.1, 0.15) is 47.4 Å². The van der Waals surface area contributed by atoms with Crippen LogP contribution in [0.4, 0.5) is 0 Å². The van der Waals surface area contributed by atoms with Gasteiger partial charge in [0.25, 0.3) is 11.8 Å². The maximum atomic E-state index is 12.6. The molecule has 0 saturated heterocycles. The quantitative estimate of drug-likeness (QED) is 0.603. The summed E-state index contributed by atoms with van der Waals surface area (Å²) in [4.78, 5) is 49.3. The molecule has 1 N–H and O–H groups in total. The number of imide groups is 1. The molecule has 23 heavy (non-hydrogen) atoms. The van der Waals surface area contributed by atoms with Gasteiger partial charge in [0.15, 0.2) is 5.78 Å². The first-order valence-electron chi connectivity index (χ1n) is 7.26. The number of benzene rings is 1. The second kappa shape index (κ2) is 6.29. The van der Waals surface area contributed by atoms with Gasteiger partial charge in [-0.1, -0.05) is 19.1 Å². The Morgan fingerprint density at radius 3 is 2.04 bits per heavy atom. The highest BCUT2D eigenvalue weighted by Crippen LogP contribution is 2.33. The van der Waals surface area contributed by atoms with E-state index in [2.05, 4.69) is 0 Å². The van der Waals surface area contributed by atoms with E-state index in [0.717, 1.165) is 4.90 Å². The van der Waals surface area contributed by atoms with Crippen LogP contribution >= 0.6 is 0 Å². The van der Waals surface area contributed by atoms with Gasteiger partial charge < -0.3 is 9.84 Å². The summed E-state index contributed by atoms with van der Waals surface area (Å²) in [5.41, 5.74) is -1.54. The first-order valence-corrected chi connectivity index (χ1v) is 7.26. The van der Waals surface area contributed by atoms with Crippen LogP contribution < -0.4 is 0 Å². The lowest BCUT2D eigenvalue weighted by Crippen LogP contribution is -2.59. The number of hydrogen-bond acceptors (Lipinski definition) is 5. The van der Waals surface area contributed by atoms with Gasteiger partial charge in [0.2, 0.25) is 5.72 Å². The molecular weight excluding hydrogens is 302 g/mol. The van der Waals surface area contributed by atoms with Gasteiger partial charge in [-0.3, -0.25) is 19.2 Å². The first-order chi connectivity index (χ1) is 10.9. The Bertz CT molecular complexity index is 648. The number of carboxylic acid groups (broad SMARTS) is 1. The van der Waals surface area contributed by atoms with Crippen molar-refractivity contribution in [1.82, 2.24) is 4.90 Å². The fourth-order valence-electron chi connectivity index (χ4n) is 2.76. The average molecular weight is 319 g/mol. The third kappa shape index (κ3) is 2.63. The third-order valence-electron chi connectivity index (χ3n) is 3.77. The normalized spacial score (nSPS) is 16.2. The fourth-order valence-corrected chi connectivity index (χ4v) is 2.76. The number of ether oxygens (including phenoxy) is 1.